The van der Waals surface area contributed by atoms with Gasteiger partial charge in [-0.2, -0.15) is 0 Å². The van der Waals surface area contributed by atoms with Crippen molar-refractivity contribution >= 4 is 22.8 Å². The lowest BCUT2D eigenvalue weighted by Gasteiger charge is -2.30. The van der Waals surface area contributed by atoms with Gasteiger partial charge in [0.05, 0.1) is 19.8 Å². The van der Waals surface area contributed by atoms with E-state index in [1.165, 1.54) is 0 Å². The summed E-state index contributed by atoms with van der Waals surface area (Å²) in [7, 11) is 0. The number of hydrogen-bond donors (Lipinski definition) is 1. The van der Waals surface area contributed by atoms with Crippen LogP contribution in [0.5, 0.6) is 0 Å². The number of nitrogens with two attached hydrogens (primary N) is 1. The molecule has 2 N–H and O–H groups in total. The maximum atomic E-state index is 5.95. The van der Waals surface area contributed by atoms with Crippen molar-refractivity contribution < 1.29 is 9.47 Å². The van der Waals surface area contributed by atoms with Gasteiger partial charge in [-0.05, 0) is 26.0 Å². The molecule has 0 amide bonds. The third kappa shape index (κ3) is 2.78. The van der Waals surface area contributed by atoms with E-state index in [1.54, 1.807) is 12.3 Å². The molecule has 0 saturated carbocycles. The van der Waals surface area contributed by atoms with Gasteiger partial charge in [-0.25, -0.2) is 19.9 Å². The molecule has 9 heteroatoms. The molecule has 0 atom stereocenters. The van der Waals surface area contributed by atoms with E-state index in [2.05, 4.69) is 14.5 Å². The van der Waals surface area contributed by atoms with Crippen LogP contribution in [0.4, 0.5) is 11.6 Å². The van der Waals surface area contributed by atoms with E-state index in [0.717, 1.165) is 41.5 Å². The lowest BCUT2D eigenvalue weighted by atomic mass is 10.1. The van der Waals surface area contributed by atoms with Gasteiger partial charge in [-0.3, -0.25) is 0 Å². The van der Waals surface area contributed by atoms with E-state index in [0.29, 0.717) is 38.0 Å². The highest BCUT2D eigenvalue weighted by Gasteiger charge is 2.34. The predicted octanol–water partition coefficient (Wildman–Crippen LogP) is 1.57. The van der Waals surface area contributed by atoms with Gasteiger partial charge in [0.2, 0.25) is 0 Å². The van der Waals surface area contributed by atoms with Crippen LogP contribution in [0.1, 0.15) is 19.7 Å². The van der Waals surface area contributed by atoms with Crippen LogP contribution in [0, 0.1) is 0 Å². The molecule has 5 rings (SSSR count). The van der Waals surface area contributed by atoms with Gasteiger partial charge in [0.25, 0.3) is 0 Å². The van der Waals surface area contributed by atoms with Gasteiger partial charge in [-0.1, -0.05) is 0 Å². The van der Waals surface area contributed by atoms with Gasteiger partial charge in [0.1, 0.15) is 17.2 Å². The second-order valence-corrected chi connectivity index (χ2v) is 7.56. The van der Waals surface area contributed by atoms with Crippen molar-refractivity contribution in [2.45, 2.75) is 26.0 Å². The van der Waals surface area contributed by atoms with Gasteiger partial charge in [0.15, 0.2) is 22.8 Å². The fraction of sp³-hybridized carbons (Fsp3) is 0.474. The Hall–Kier alpha value is -2.78. The average molecular weight is 381 g/mol. The number of nitrogens with zero attached hydrogens (tertiary/aromatic N) is 6. The molecule has 3 aromatic heterocycles. The summed E-state index contributed by atoms with van der Waals surface area (Å²) in [6.07, 6.45) is 1.68. The lowest BCUT2D eigenvalue weighted by molar-refractivity contribution is -0.0530. The van der Waals surface area contributed by atoms with E-state index < -0.39 is 5.60 Å². The molecule has 9 nitrogen and oxygen atoms in total. The summed E-state index contributed by atoms with van der Waals surface area (Å²) in [6, 6.07) is 3.67. The monoisotopic (exact) mass is 381 g/mol. The second kappa shape index (κ2) is 6.39. The summed E-state index contributed by atoms with van der Waals surface area (Å²) in [4.78, 5) is 21.0. The SMILES string of the molecule is CC1(C)OCCn2c1nc1c(N3CCOCC3)nc(-c3ccnc(N)c3)nc12. The predicted molar refractivity (Wildman–Crippen MR) is 105 cm³/mol. The first-order chi connectivity index (χ1) is 13.5. The highest BCUT2D eigenvalue weighted by atomic mass is 16.5. The summed E-state index contributed by atoms with van der Waals surface area (Å²) in [5.41, 5.74) is 7.89. The molecule has 28 heavy (non-hydrogen) atoms. The molecular weight excluding hydrogens is 358 g/mol. The molecule has 0 aliphatic carbocycles. The van der Waals surface area contributed by atoms with Crippen molar-refractivity contribution in [2.24, 2.45) is 0 Å². The summed E-state index contributed by atoms with van der Waals surface area (Å²) >= 11 is 0. The maximum Gasteiger partial charge on any atom is 0.166 e. The Morgan fingerprint density at radius 3 is 2.68 bits per heavy atom. The molecule has 0 unspecified atom stereocenters. The Bertz CT molecular complexity index is 1040. The minimum atomic E-state index is -0.470. The number of morpholine rings is 1. The lowest BCUT2D eigenvalue weighted by Crippen LogP contribution is -2.37. The van der Waals surface area contributed by atoms with Gasteiger partial charge in [0, 0.05) is 31.4 Å². The molecule has 5 heterocycles. The number of fused-ring (bicyclic) bond motifs is 3. The fourth-order valence-electron chi connectivity index (χ4n) is 3.83. The van der Waals surface area contributed by atoms with E-state index in [1.807, 2.05) is 19.9 Å². The minimum absolute atomic E-state index is 0.443. The average Bonchev–Trinajstić information content (AvgIpc) is 3.08. The molecule has 2 aliphatic rings. The normalized spacial score (nSPS) is 19.0. The van der Waals surface area contributed by atoms with Crippen LogP contribution < -0.4 is 10.6 Å². The largest absolute Gasteiger partial charge is 0.384 e. The third-order valence-corrected chi connectivity index (χ3v) is 5.24. The van der Waals surface area contributed by atoms with Crippen LogP contribution in [0.2, 0.25) is 0 Å². The van der Waals surface area contributed by atoms with Crippen LogP contribution in [0.25, 0.3) is 22.6 Å². The Labute approximate surface area is 162 Å². The van der Waals surface area contributed by atoms with Crippen molar-refractivity contribution in [1.82, 2.24) is 24.5 Å². The van der Waals surface area contributed by atoms with Gasteiger partial charge >= 0.3 is 0 Å². The zero-order valence-corrected chi connectivity index (χ0v) is 16.1. The quantitative estimate of drug-likeness (QED) is 0.713. The van der Waals surface area contributed by atoms with Gasteiger partial charge in [-0.15, -0.1) is 0 Å². The highest BCUT2D eigenvalue weighted by molar-refractivity contribution is 5.86. The number of aromatic nitrogens is 5. The van der Waals surface area contributed by atoms with E-state index in [4.69, 9.17) is 30.2 Å². The molecular formula is C19H23N7O2. The molecule has 0 aromatic carbocycles. The van der Waals surface area contributed by atoms with Crippen molar-refractivity contribution in [2.75, 3.05) is 43.5 Å². The van der Waals surface area contributed by atoms with E-state index >= 15 is 0 Å². The summed E-state index contributed by atoms with van der Waals surface area (Å²) in [6.45, 7) is 8.30. The molecule has 0 bridgehead atoms. The number of hydrogen-bond acceptors (Lipinski definition) is 8. The molecule has 2 aliphatic heterocycles. The number of imidazole rings is 1. The fourth-order valence-corrected chi connectivity index (χ4v) is 3.83. The number of anilines is 2. The molecule has 3 aromatic rings. The molecule has 0 radical (unpaired) electrons. The Balaban J connectivity index is 1.76. The summed E-state index contributed by atoms with van der Waals surface area (Å²) < 4.78 is 13.6. The zero-order valence-electron chi connectivity index (χ0n) is 16.1. The van der Waals surface area contributed by atoms with Crippen LogP contribution >= 0.6 is 0 Å². The van der Waals surface area contributed by atoms with Crippen LogP contribution in [-0.2, 0) is 21.6 Å². The zero-order chi connectivity index (χ0) is 19.3. The minimum Gasteiger partial charge on any atom is -0.384 e. The number of ether oxygens (including phenoxy) is 2. The van der Waals surface area contributed by atoms with Crippen LogP contribution in [-0.4, -0.2) is 57.4 Å². The summed E-state index contributed by atoms with van der Waals surface area (Å²) in [5.74, 6) is 2.77. The van der Waals surface area contributed by atoms with Gasteiger partial charge < -0.3 is 24.7 Å². The van der Waals surface area contributed by atoms with Crippen LogP contribution in [0.3, 0.4) is 0 Å². The van der Waals surface area contributed by atoms with E-state index in [-0.39, 0.29) is 0 Å². The van der Waals surface area contributed by atoms with Crippen molar-refractivity contribution in [1.29, 1.82) is 0 Å². The molecule has 1 fully saturated rings. The molecule has 0 spiro atoms. The second-order valence-electron chi connectivity index (χ2n) is 7.56. The topological polar surface area (TPSA) is 104 Å². The Morgan fingerprint density at radius 1 is 1.07 bits per heavy atom. The number of rotatable bonds is 2. The molecule has 146 valence electrons. The summed E-state index contributed by atoms with van der Waals surface area (Å²) in [5, 5.41) is 0. The standard InChI is InChI=1S/C19H23N7O2/c1-19(2)18-22-14-16(25-5-8-27-9-6-25)23-15(12-3-4-21-13(20)11-12)24-17(14)26(18)7-10-28-19/h3-4,11H,5-10H2,1-2H3,(H2,20,21). The van der Waals surface area contributed by atoms with Crippen molar-refractivity contribution in [3.8, 4) is 11.4 Å². The first-order valence-electron chi connectivity index (χ1n) is 9.50. The third-order valence-electron chi connectivity index (χ3n) is 5.24. The number of pyridine rings is 1. The maximum absolute atomic E-state index is 5.95. The van der Waals surface area contributed by atoms with Crippen molar-refractivity contribution in [3.05, 3.63) is 24.2 Å². The highest BCUT2D eigenvalue weighted by Crippen LogP contribution is 2.35. The Kier molecular flexibility index (Phi) is 3.95. The van der Waals surface area contributed by atoms with Crippen LogP contribution in [0.15, 0.2) is 18.3 Å². The Morgan fingerprint density at radius 2 is 1.89 bits per heavy atom. The first kappa shape index (κ1) is 17.3. The molecule has 1 saturated heterocycles. The first-order valence-corrected chi connectivity index (χ1v) is 9.50. The van der Waals surface area contributed by atoms with E-state index in [9.17, 15) is 0 Å². The van der Waals surface area contributed by atoms with Crippen molar-refractivity contribution in [3.63, 3.8) is 0 Å². The number of nitrogen functional groups attached to an aromatic ring is 1. The smallest absolute Gasteiger partial charge is 0.166 e.